The third-order valence-electron chi connectivity index (χ3n) is 4.07. The maximum atomic E-state index is 10.6. The normalized spacial score (nSPS) is 12.4. The fourth-order valence-electron chi connectivity index (χ4n) is 2.43. The van der Waals surface area contributed by atoms with Crippen LogP contribution in [0.5, 0.6) is 5.88 Å². The van der Waals surface area contributed by atoms with Gasteiger partial charge >= 0.3 is 24.3 Å². The highest BCUT2D eigenvalue weighted by atomic mass is 35.5. The molecule has 3 aromatic rings. The van der Waals surface area contributed by atoms with E-state index in [0.717, 1.165) is 30.3 Å². The minimum atomic E-state index is -5.08. The number of fused-ring (bicyclic) bond motifs is 1. The van der Waals surface area contributed by atoms with Gasteiger partial charge in [-0.3, -0.25) is 4.98 Å². The second kappa shape index (κ2) is 12.4. The lowest BCUT2D eigenvalue weighted by Crippen LogP contribution is -2.21. The molecule has 0 spiro atoms. The van der Waals surface area contributed by atoms with Gasteiger partial charge in [0.05, 0.1) is 16.4 Å². The lowest BCUT2D eigenvalue weighted by molar-refractivity contribution is -0.193. The Morgan fingerprint density at radius 3 is 2.16 bits per heavy atom. The Morgan fingerprint density at radius 2 is 1.65 bits per heavy atom. The molecule has 1 aliphatic rings. The first-order chi connectivity index (χ1) is 17.2. The van der Waals surface area contributed by atoms with Gasteiger partial charge in [0.25, 0.3) is 0 Å². The molecule has 3 N–H and O–H groups in total. The summed E-state index contributed by atoms with van der Waals surface area (Å²) in [7, 11) is 0. The van der Waals surface area contributed by atoms with Crippen LogP contribution in [0.4, 0.5) is 26.3 Å². The standard InChI is InChI=1S/C16H14ClN5O.2C2HF3O2/c17-12-4-5-13(19-7-12)10-23-16-3-1-2-15(20-16)22-9-11-6-18-8-14(11)21-22;2*3-2(4,5)1(6)7/h1-5,7,9,18H,6,8,10H2;2*(H,6,7). The molecule has 200 valence electrons. The molecule has 37 heavy (non-hydrogen) atoms. The first-order valence-corrected chi connectivity index (χ1v) is 10.1. The van der Waals surface area contributed by atoms with E-state index in [1.54, 1.807) is 16.9 Å². The zero-order valence-corrected chi connectivity index (χ0v) is 19.0. The molecule has 3 aromatic heterocycles. The topological polar surface area (TPSA) is 139 Å². The molecular weight excluding hydrogens is 540 g/mol. The van der Waals surface area contributed by atoms with E-state index < -0.39 is 24.3 Å². The van der Waals surface area contributed by atoms with Gasteiger partial charge in [-0.15, -0.1) is 0 Å². The second-order valence-electron chi connectivity index (χ2n) is 6.85. The third kappa shape index (κ3) is 9.57. The van der Waals surface area contributed by atoms with E-state index in [1.165, 1.54) is 5.56 Å². The summed E-state index contributed by atoms with van der Waals surface area (Å²) >= 11 is 5.82. The van der Waals surface area contributed by atoms with Crippen molar-refractivity contribution in [3.05, 3.63) is 64.7 Å². The summed E-state index contributed by atoms with van der Waals surface area (Å²) in [6.45, 7) is 2.00. The van der Waals surface area contributed by atoms with Crippen LogP contribution in [0.15, 0.2) is 42.7 Å². The zero-order chi connectivity index (χ0) is 27.8. The van der Waals surface area contributed by atoms with Crippen LogP contribution < -0.4 is 10.1 Å². The van der Waals surface area contributed by atoms with Crippen LogP contribution in [0.2, 0.25) is 5.02 Å². The van der Waals surface area contributed by atoms with Gasteiger partial charge in [-0.2, -0.15) is 36.4 Å². The fourth-order valence-corrected chi connectivity index (χ4v) is 2.54. The molecule has 1 aliphatic heterocycles. The Kier molecular flexibility index (Phi) is 9.79. The average Bonchev–Trinajstić information content (AvgIpc) is 3.41. The van der Waals surface area contributed by atoms with E-state index in [0.29, 0.717) is 17.5 Å². The van der Waals surface area contributed by atoms with E-state index in [1.807, 2.05) is 30.5 Å². The number of rotatable bonds is 4. The Balaban J connectivity index is 0.000000286. The second-order valence-corrected chi connectivity index (χ2v) is 7.28. The molecule has 0 radical (unpaired) electrons. The smallest absolute Gasteiger partial charge is 0.475 e. The maximum Gasteiger partial charge on any atom is 0.490 e. The summed E-state index contributed by atoms with van der Waals surface area (Å²) in [4.78, 5) is 26.5. The summed E-state index contributed by atoms with van der Waals surface area (Å²) in [5, 5.41) is 22.7. The fraction of sp³-hybridized carbons (Fsp3) is 0.250. The number of halogens is 7. The van der Waals surface area contributed by atoms with E-state index in [-0.39, 0.29) is 0 Å². The SMILES string of the molecule is Clc1ccc(COc2cccc(-n3cc4c(n3)CNC4)n2)nc1.O=C(O)C(F)(F)F.O=C(O)C(F)(F)F. The number of pyridine rings is 2. The zero-order valence-electron chi connectivity index (χ0n) is 18.2. The number of ether oxygens (including phenoxy) is 1. The molecule has 0 atom stereocenters. The van der Waals surface area contributed by atoms with E-state index in [9.17, 15) is 26.3 Å². The number of aromatic nitrogens is 4. The highest BCUT2D eigenvalue weighted by Gasteiger charge is 2.38. The molecule has 17 heteroatoms. The van der Waals surface area contributed by atoms with Gasteiger partial charge < -0.3 is 20.3 Å². The summed E-state index contributed by atoms with van der Waals surface area (Å²) in [5.41, 5.74) is 3.08. The lowest BCUT2D eigenvalue weighted by atomic mass is 10.3. The van der Waals surface area contributed by atoms with Gasteiger partial charge in [0.1, 0.15) is 6.61 Å². The minimum absolute atomic E-state index is 0.340. The van der Waals surface area contributed by atoms with Crippen molar-refractivity contribution in [2.45, 2.75) is 32.0 Å². The number of nitrogens with zero attached hydrogens (tertiary/aromatic N) is 4. The maximum absolute atomic E-state index is 10.6. The molecule has 0 amide bonds. The quantitative estimate of drug-likeness (QED) is 0.410. The van der Waals surface area contributed by atoms with Crippen molar-refractivity contribution in [3.8, 4) is 11.7 Å². The molecule has 0 fully saturated rings. The van der Waals surface area contributed by atoms with Crippen molar-refractivity contribution in [2.75, 3.05) is 0 Å². The van der Waals surface area contributed by atoms with Crippen LogP contribution >= 0.6 is 11.6 Å². The number of hydrogen-bond acceptors (Lipinski definition) is 7. The summed E-state index contributed by atoms with van der Waals surface area (Å²) < 4.78 is 71.0. The first-order valence-electron chi connectivity index (χ1n) is 9.76. The van der Waals surface area contributed by atoms with Crippen molar-refractivity contribution in [1.82, 2.24) is 25.1 Å². The number of hydrogen-bond donors (Lipinski definition) is 3. The Morgan fingerprint density at radius 1 is 1.03 bits per heavy atom. The number of nitrogens with one attached hydrogen (secondary N) is 1. The van der Waals surface area contributed by atoms with Crippen LogP contribution in [-0.4, -0.2) is 54.3 Å². The molecule has 4 heterocycles. The summed E-state index contributed by atoms with van der Waals surface area (Å²) in [6.07, 6.45) is -6.56. The number of carboxylic acid groups (broad SMARTS) is 2. The predicted octanol–water partition coefficient (Wildman–Crippen LogP) is 3.76. The monoisotopic (exact) mass is 555 g/mol. The molecule has 10 nitrogen and oxygen atoms in total. The van der Waals surface area contributed by atoms with Gasteiger partial charge in [-0.25, -0.2) is 14.3 Å². The molecule has 0 aliphatic carbocycles. The van der Waals surface area contributed by atoms with Gasteiger partial charge in [0, 0.05) is 37.1 Å². The summed E-state index contributed by atoms with van der Waals surface area (Å²) in [5.74, 6) is -4.24. The Bertz CT molecular complexity index is 1170. The van der Waals surface area contributed by atoms with E-state index >= 15 is 0 Å². The van der Waals surface area contributed by atoms with Crippen LogP contribution in [0.3, 0.4) is 0 Å². The van der Waals surface area contributed by atoms with Crippen LogP contribution in [0.1, 0.15) is 17.0 Å². The van der Waals surface area contributed by atoms with Gasteiger partial charge in [0.15, 0.2) is 5.82 Å². The van der Waals surface area contributed by atoms with Gasteiger partial charge in [-0.05, 0) is 18.2 Å². The minimum Gasteiger partial charge on any atom is -0.475 e. The Labute approximate surface area is 208 Å². The molecule has 0 saturated heterocycles. The third-order valence-corrected chi connectivity index (χ3v) is 4.29. The number of alkyl halides is 6. The van der Waals surface area contributed by atoms with Crippen molar-refractivity contribution in [3.63, 3.8) is 0 Å². The molecular formula is C20H16ClF6N5O5. The van der Waals surface area contributed by atoms with Crippen molar-refractivity contribution in [2.24, 2.45) is 0 Å². The van der Waals surface area contributed by atoms with Crippen LogP contribution in [0, 0.1) is 0 Å². The lowest BCUT2D eigenvalue weighted by Gasteiger charge is -2.07. The van der Waals surface area contributed by atoms with Gasteiger partial charge in [0.2, 0.25) is 5.88 Å². The van der Waals surface area contributed by atoms with Crippen LogP contribution in [-0.2, 0) is 29.3 Å². The van der Waals surface area contributed by atoms with E-state index in [2.05, 4.69) is 20.4 Å². The van der Waals surface area contributed by atoms with Crippen molar-refractivity contribution >= 4 is 23.5 Å². The highest BCUT2D eigenvalue weighted by molar-refractivity contribution is 6.30. The molecule has 0 aromatic carbocycles. The first kappa shape index (κ1) is 29.3. The molecule has 0 saturated carbocycles. The number of carboxylic acids is 2. The van der Waals surface area contributed by atoms with Crippen LogP contribution in [0.25, 0.3) is 5.82 Å². The number of carbonyl (C=O) groups is 2. The summed E-state index contributed by atoms with van der Waals surface area (Å²) in [6, 6.07) is 9.24. The molecule has 4 rings (SSSR count). The van der Waals surface area contributed by atoms with Crippen molar-refractivity contribution in [1.29, 1.82) is 0 Å². The predicted molar refractivity (Wildman–Crippen MR) is 113 cm³/mol. The Hall–Kier alpha value is -3.92. The van der Waals surface area contributed by atoms with Gasteiger partial charge in [-0.1, -0.05) is 17.7 Å². The highest BCUT2D eigenvalue weighted by Crippen LogP contribution is 2.18. The van der Waals surface area contributed by atoms with Crippen molar-refractivity contribution < 1.29 is 50.9 Å². The average molecular weight is 556 g/mol. The largest absolute Gasteiger partial charge is 0.490 e. The number of aliphatic carboxylic acids is 2. The van der Waals surface area contributed by atoms with E-state index in [4.69, 9.17) is 36.1 Å². The molecule has 0 unspecified atom stereocenters. The molecule has 0 bridgehead atoms.